The van der Waals surface area contributed by atoms with Gasteiger partial charge in [-0.2, -0.15) is 8.78 Å². The number of para-hydroxylation sites is 1. The van der Waals surface area contributed by atoms with Crippen molar-refractivity contribution in [1.82, 2.24) is 4.90 Å². The van der Waals surface area contributed by atoms with Crippen LogP contribution in [0.4, 0.5) is 20.2 Å². The van der Waals surface area contributed by atoms with Crippen LogP contribution in [0.5, 0.6) is 5.75 Å². The van der Waals surface area contributed by atoms with Crippen LogP contribution in [-0.4, -0.2) is 39.8 Å². The second-order valence-corrected chi connectivity index (χ2v) is 8.13. The molecule has 0 bridgehead atoms. The van der Waals surface area contributed by atoms with Crippen molar-refractivity contribution in [2.75, 3.05) is 5.32 Å². The number of carbonyl (C=O) groups is 2. The molecule has 164 valence electrons. The fraction of sp³-hybridized carbons (Fsp3) is 0.318. The SMILES string of the molecule is CC[C@H](C)N1C(=O)[C@@H](CC(=O)Nc2ccccc2)SC1=Nc1ccc(OC(F)F)cc1. The number of amidine groups is 1. The van der Waals surface area contributed by atoms with Crippen LogP contribution < -0.4 is 10.1 Å². The summed E-state index contributed by atoms with van der Waals surface area (Å²) >= 11 is 1.23. The number of hydrogen-bond acceptors (Lipinski definition) is 5. The zero-order chi connectivity index (χ0) is 22.4. The molecular weight excluding hydrogens is 424 g/mol. The number of hydrogen-bond donors (Lipinski definition) is 1. The monoisotopic (exact) mass is 447 g/mol. The largest absolute Gasteiger partial charge is 0.435 e. The summed E-state index contributed by atoms with van der Waals surface area (Å²) in [6.45, 7) is 0.982. The number of nitrogens with zero attached hydrogens (tertiary/aromatic N) is 2. The van der Waals surface area contributed by atoms with Crippen LogP contribution in [0.25, 0.3) is 0 Å². The fourth-order valence-corrected chi connectivity index (χ4v) is 4.24. The van der Waals surface area contributed by atoms with Gasteiger partial charge < -0.3 is 10.1 Å². The first kappa shape index (κ1) is 22.7. The van der Waals surface area contributed by atoms with E-state index in [2.05, 4.69) is 15.0 Å². The first-order chi connectivity index (χ1) is 14.9. The molecule has 0 unspecified atom stereocenters. The first-order valence-electron chi connectivity index (χ1n) is 9.85. The first-order valence-corrected chi connectivity index (χ1v) is 10.7. The Hall–Kier alpha value is -2.94. The van der Waals surface area contributed by atoms with Crippen LogP contribution in [0.1, 0.15) is 26.7 Å². The van der Waals surface area contributed by atoms with Crippen molar-refractivity contribution < 1.29 is 23.1 Å². The molecule has 2 atom stereocenters. The zero-order valence-electron chi connectivity index (χ0n) is 17.1. The summed E-state index contributed by atoms with van der Waals surface area (Å²) in [5, 5.41) is 2.70. The van der Waals surface area contributed by atoms with Crippen LogP contribution in [0.2, 0.25) is 0 Å². The molecule has 1 aliphatic rings. The highest BCUT2D eigenvalue weighted by molar-refractivity contribution is 8.15. The van der Waals surface area contributed by atoms with E-state index in [9.17, 15) is 18.4 Å². The number of carbonyl (C=O) groups excluding carboxylic acids is 2. The lowest BCUT2D eigenvalue weighted by atomic mass is 10.2. The molecule has 2 amide bonds. The maximum atomic E-state index is 13.0. The van der Waals surface area contributed by atoms with E-state index < -0.39 is 11.9 Å². The Morgan fingerprint density at radius 3 is 2.48 bits per heavy atom. The van der Waals surface area contributed by atoms with Crippen molar-refractivity contribution in [2.45, 2.75) is 44.6 Å². The van der Waals surface area contributed by atoms with Crippen molar-refractivity contribution in [3.05, 3.63) is 54.6 Å². The van der Waals surface area contributed by atoms with E-state index in [0.717, 1.165) is 6.42 Å². The third kappa shape index (κ3) is 6.04. The van der Waals surface area contributed by atoms with Crippen LogP contribution in [0, 0.1) is 0 Å². The number of alkyl halides is 2. The summed E-state index contributed by atoms with van der Waals surface area (Å²) in [5.74, 6) is -0.391. The van der Waals surface area contributed by atoms with Gasteiger partial charge in [-0.3, -0.25) is 14.5 Å². The molecule has 0 aliphatic carbocycles. The van der Waals surface area contributed by atoms with Gasteiger partial charge in [0.05, 0.1) is 5.69 Å². The predicted octanol–water partition coefficient (Wildman–Crippen LogP) is 5.05. The molecule has 0 radical (unpaired) electrons. The predicted molar refractivity (Wildman–Crippen MR) is 118 cm³/mol. The van der Waals surface area contributed by atoms with Gasteiger partial charge in [0.15, 0.2) is 5.17 Å². The van der Waals surface area contributed by atoms with E-state index in [-0.39, 0.29) is 30.0 Å². The van der Waals surface area contributed by atoms with Crippen molar-refractivity contribution in [1.29, 1.82) is 0 Å². The minimum atomic E-state index is -2.90. The normalized spacial score (nSPS) is 18.5. The van der Waals surface area contributed by atoms with Crippen LogP contribution >= 0.6 is 11.8 Å². The van der Waals surface area contributed by atoms with E-state index >= 15 is 0 Å². The van der Waals surface area contributed by atoms with Crippen LogP contribution in [-0.2, 0) is 9.59 Å². The Kier molecular flexibility index (Phi) is 7.62. The molecule has 31 heavy (non-hydrogen) atoms. The lowest BCUT2D eigenvalue weighted by Crippen LogP contribution is -2.39. The van der Waals surface area contributed by atoms with Gasteiger partial charge >= 0.3 is 6.61 Å². The zero-order valence-corrected chi connectivity index (χ0v) is 17.9. The molecule has 3 rings (SSSR count). The summed E-state index contributed by atoms with van der Waals surface area (Å²) in [6, 6.07) is 14.8. The number of anilines is 1. The molecule has 1 fully saturated rings. The summed E-state index contributed by atoms with van der Waals surface area (Å²) in [7, 11) is 0. The Morgan fingerprint density at radius 2 is 1.87 bits per heavy atom. The molecule has 0 spiro atoms. The van der Waals surface area contributed by atoms with E-state index in [0.29, 0.717) is 16.5 Å². The summed E-state index contributed by atoms with van der Waals surface area (Å²) < 4.78 is 29.0. The highest BCUT2D eigenvalue weighted by Crippen LogP contribution is 2.34. The maximum Gasteiger partial charge on any atom is 0.387 e. The van der Waals surface area contributed by atoms with Crippen molar-refractivity contribution in [3.63, 3.8) is 0 Å². The molecule has 1 aliphatic heterocycles. The molecule has 1 heterocycles. The molecule has 2 aromatic carbocycles. The van der Waals surface area contributed by atoms with Gasteiger partial charge in [0.2, 0.25) is 11.8 Å². The van der Waals surface area contributed by atoms with Gasteiger partial charge in [-0.05, 0) is 49.7 Å². The average Bonchev–Trinajstić information content (AvgIpc) is 3.03. The number of nitrogens with one attached hydrogen (secondary N) is 1. The summed E-state index contributed by atoms with van der Waals surface area (Å²) in [5.41, 5.74) is 1.17. The van der Waals surface area contributed by atoms with Crippen LogP contribution in [0.15, 0.2) is 59.6 Å². The number of thioether (sulfide) groups is 1. The maximum absolute atomic E-state index is 13.0. The Labute approximate surface area is 183 Å². The van der Waals surface area contributed by atoms with Gasteiger partial charge in [-0.1, -0.05) is 36.9 Å². The third-order valence-electron chi connectivity index (χ3n) is 4.71. The minimum Gasteiger partial charge on any atom is -0.435 e. The molecule has 2 aromatic rings. The summed E-state index contributed by atoms with van der Waals surface area (Å²) in [6.07, 6.45) is 0.737. The lowest BCUT2D eigenvalue weighted by molar-refractivity contribution is -0.129. The molecule has 0 saturated carbocycles. The Balaban J connectivity index is 1.75. The smallest absolute Gasteiger partial charge is 0.387 e. The number of benzene rings is 2. The summed E-state index contributed by atoms with van der Waals surface area (Å²) in [4.78, 5) is 31.6. The standard InChI is InChI=1S/C22H23F2N3O3S/c1-3-14(2)27-20(29)18(13-19(28)25-15-7-5-4-6-8-15)31-22(27)26-16-9-11-17(12-10-16)30-21(23)24/h4-12,14,18,21H,3,13H2,1-2H3,(H,25,28)/t14-,18+/m0/s1. The van der Waals surface area contributed by atoms with E-state index in [1.807, 2.05) is 32.0 Å². The Bertz CT molecular complexity index is 939. The average molecular weight is 448 g/mol. The number of ether oxygens (including phenoxy) is 1. The highest BCUT2D eigenvalue weighted by atomic mass is 32.2. The van der Waals surface area contributed by atoms with Crippen molar-refractivity contribution >= 4 is 40.1 Å². The van der Waals surface area contributed by atoms with Gasteiger partial charge in [-0.15, -0.1) is 0 Å². The van der Waals surface area contributed by atoms with Crippen molar-refractivity contribution in [2.24, 2.45) is 4.99 Å². The van der Waals surface area contributed by atoms with E-state index in [1.54, 1.807) is 29.2 Å². The molecule has 1 N–H and O–H groups in total. The topological polar surface area (TPSA) is 71.0 Å². The van der Waals surface area contributed by atoms with Gasteiger partial charge in [0.1, 0.15) is 11.0 Å². The van der Waals surface area contributed by atoms with Gasteiger partial charge in [-0.25, -0.2) is 4.99 Å². The highest BCUT2D eigenvalue weighted by Gasteiger charge is 2.41. The van der Waals surface area contributed by atoms with E-state index in [4.69, 9.17) is 0 Å². The second kappa shape index (κ2) is 10.4. The quantitative estimate of drug-likeness (QED) is 0.615. The molecule has 1 saturated heterocycles. The van der Waals surface area contributed by atoms with Gasteiger partial charge in [0.25, 0.3) is 0 Å². The number of rotatable bonds is 8. The Morgan fingerprint density at radius 1 is 1.19 bits per heavy atom. The number of amides is 2. The molecular formula is C22H23F2N3O3S. The molecule has 6 nitrogen and oxygen atoms in total. The minimum absolute atomic E-state index is 0.0194. The van der Waals surface area contributed by atoms with Gasteiger partial charge in [0, 0.05) is 18.2 Å². The van der Waals surface area contributed by atoms with Crippen LogP contribution in [0.3, 0.4) is 0 Å². The lowest BCUT2D eigenvalue weighted by Gasteiger charge is -2.23. The fourth-order valence-electron chi connectivity index (χ4n) is 3.00. The second-order valence-electron chi connectivity index (χ2n) is 6.96. The van der Waals surface area contributed by atoms with Crippen molar-refractivity contribution in [3.8, 4) is 5.75 Å². The number of aliphatic imine (C=N–C) groups is 1. The van der Waals surface area contributed by atoms with E-state index in [1.165, 1.54) is 23.9 Å². The third-order valence-corrected chi connectivity index (χ3v) is 5.86. The molecule has 0 aromatic heterocycles. The molecule has 9 heteroatoms. The number of halogens is 2.